The highest BCUT2D eigenvalue weighted by Gasteiger charge is 2.06. The second-order valence-electron chi connectivity index (χ2n) is 5.27. The maximum atomic E-state index is 13.3. The van der Waals surface area contributed by atoms with Gasteiger partial charge in [0.25, 0.3) is 0 Å². The van der Waals surface area contributed by atoms with Crippen molar-refractivity contribution in [2.75, 3.05) is 0 Å². The van der Waals surface area contributed by atoms with E-state index in [-0.39, 0.29) is 16.9 Å². The number of unbranched alkanes of at least 4 members (excludes halogenated alkanes) is 5. The number of rotatable bonds is 9. The van der Waals surface area contributed by atoms with Crippen molar-refractivity contribution in [2.24, 2.45) is 5.73 Å². The van der Waals surface area contributed by atoms with Crippen LogP contribution in [-0.4, -0.2) is 6.04 Å². The van der Waals surface area contributed by atoms with Gasteiger partial charge < -0.3 is 5.73 Å². The highest BCUT2D eigenvalue weighted by Crippen LogP contribution is 2.17. The summed E-state index contributed by atoms with van der Waals surface area (Å²) in [6, 6.07) is 5.06. The minimum absolute atomic E-state index is 0.117. The van der Waals surface area contributed by atoms with Gasteiger partial charge in [0.2, 0.25) is 0 Å². The van der Waals surface area contributed by atoms with E-state index < -0.39 is 0 Å². The van der Waals surface area contributed by atoms with Crippen LogP contribution in [0.3, 0.4) is 0 Å². The Morgan fingerprint density at radius 3 is 2.53 bits per heavy atom. The van der Waals surface area contributed by atoms with E-state index in [1.807, 2.05) is 6.07 Å². The van der Waals surface area contributed by atoms with Crippen LogP contribution < -0.4 is 5.73 Å². The van der Waals surface area contributed by atoms with E-state index in [9.17, 15) is 4.39 Å². The van der Waals surface area contributed by atoms with Crippen LogP contribution in [0, 0.1) is 5.82 Å². The number of benzene rings is 1. The van der Waals surface area contributed by atoms with E-state index in [0.717, 1.165) is 18.4 Å². The lowest BCUT2D eigenvalue weighted by Gasteiger charge is -2.11. The molecule has 1 atom stereocenters. The zero-order valence-electron chi connectivity index (χ0n) is 11.8. The molecule has 1 unspecified atom stereocenters. The molecule has 1 nitrogen and oxygen atoms in total. The predicted molar refractivity (Wildman–Crippen MR) is 81.1 cm³/mol. The third-order valence-corrected chi connectivity index (χ3v) is 3.72. The lowest BCUT2D eigenvalue weighted by molar-refractivity contribution is 0.531. The molecule has 0 fully saturated rings. The standard InChI is InChI=1S/C16H25ClFN/c1-2-3-4-5-6-7-8-14(19)11-13-9-10-15(17)16(18)12-13/h9-10,12,14H,2-8,11,19H2,1H3. The van der Waals surface area contributed by atoms with E-state index in [2.05, 4.69) is 6.92 Å². The van der Waals surface area contributed by atoms with Gasteiger partial charge in [-0.1, -0.05) is 63.1 Å². The van der Waals surface area contributed by atoms with Crippen LogP contribution in [0.4, 0.5) is 4.39 Å². The van der Waals surface area contributed by atoms with Crippen molar-refractivity contribution in [1.29, 1.82) is 0 Å². The van der Waals surface area contributed by atoms with E-state index in [1.54, 1.807) is 6.07 Å². The molecule has 0 saturated heterocycles. The van der Waals surface area contributed by atoms with Gasteiger partial charge in [0, 0.05) is 6.04 Å². The van der Waals surface area contributed by atoms with Crippen LogP contribution >= 0.6 is 11.6 Å². The first kappa shape index (κ1) is 16.5. The first-order chi connectivity index (χ1) is 9.13. The molecule has 0 aromatic heterocycles. The van der Waals surface area contributed by atoms with Crippen LogP contribution in [0.5, 0.6) is 0 Å². The zero-order valence-corrected chi connectivity index (χ0v) is 12.6. The average Bonchev–Trinajstić information content (AvgIpc) is 2.38. The second-order valence-corrected chi connectivity index (χ2v) is 5.68. The summed E-state index contributed by atoms with van der Waals surface area (Å²) in [5.41, 5.74) is 7.01. The van der Waals surface area contributed by atoms with Crippen LogP contribution in [0.2, 0.25) is 5.02 Å². The van der Waals surface area contributed by atoms with E-state index in [1.165, 1.54) is 44.6 Å². The third kappa shape index (κ3) is 6.93. The summed E-state index contributed by atoms with van der Waals surface area (Å²) in [6.07, 6.45) is 9.39. The molecular formula is C16H25ClFN. The first-order valence-corrected chi connectivity index (χ1v) is 7.70. The van der Waals surface area contributed by atoms with Crippen LogP contribution in [-0.2, 0) is 6.42 Å². The smallest absolute Gasteiger partial charge is 0.142 e. The predicted octanol–water partition coefficient (Wildman–Crippen LogP) is 5.10. The fourth-order valence-electron chi connectivity index (χ4n) is 2.26. The Balaban J connectivity index is 2.19. The van der Waals surface area contributed by atoms with Gasteiger partial charge in [-0.2, -0.15) is 0 Å². The summed E-state index contributed by atoms with van der Waals surface area (Å²) in [5.74, 6) is -0.356. The summed E-state index contributed by atoms with van der Waals surface area (Å²) in [7, 11) is 0. The minimum atomic E-state index is -0.356. The van der Waals surface area contributed by atoms with Gasteiger partial charge in [-0.3, -0.25) is 0 Å². The maximum absolute atomic E-state index is 13.3. The Morgan fingerprint density at radius 1 is 1.16 bits per heavy atom. The lowest BCUT2D eigenvalue weighted by atomic mass is 10.0. The lowest BCUT2D eigenvalue weighted by Crippen LogP contribution is -2.22. The number of nitrogens with two attached hydrogens (primary N) is 1. The van der Waals surface area contributed by atoms with Gasteiger partial charge in [0.15, 0.2) is 0 Å². The molecule has 3 heteroatoms. The summed E-state index contributed by atoms with van der Waals surface area (Å²) in [5, 5.41) is 0.174. The van der Waals surface area contributed by atoms with Crippen molar-refractivity contribution in [3.63, 3.8) is 0 Å². The molecule has 0 saturated carbocycles. The monoisotopic (exact) mass is 285 g/mol. The number of hydrogen-bond donors (Lipinski definition) is 1. The van der Waals surface area contributed by atoms with E-state index in [4.69, 9.17) is 17.3 Å². The quantitative estimate of drug-likeness (QED) is 0.628. The van der Waals surface area contributed by atoms with Crippen molar-refractivity contribution in [3.8, 4) is 0 Å². The van der Waals surface area contributed by atoms with Crippen molar-refractivity contribution >= 4 is 11.6 Å². The maximum Gasteiger partial charge on any atom is 0.142 e. The molecule has 0 spiro atoms. The number of hydrogen-bond acceptors (Lipinski definition) is 1. The van der Waals surface area contributed by atoms with Crippen molar-refractivity contribution in [3.05, 3.63) is 34.6 Å². The Morgan fingerprint density at radius 2 is 1.84 bits per heavy atom. The fourth-order valence-corrected chi connectivity index (χ4v) is 2.38. The Hall–Kier alpha value is -0.600. The second kappa shape index (κ2) is 9.33. The SMILES string of the molecule is CCCCCCCCC(N)Cc1ccc(Cl)c(F)c1. The van der Waals surface area contributed by atoms with Crippen LogP contribution in [0.1, 0.15) is 57.4 Å². The summed E-state index contributed by atoms with van der Waals surface area (Å²) < 4.78 is 13.3. The van der Waals surface area contributed by atoms with Crippen LogP contribution in [0.25, 0.3) is 0 Å². The molecular weight excluding hydrogens is 261 g/mol. The molecule has 0 heterocycles. The Kier molecular flexibility index (Phi) is 8.08. The highest BCUT2D eigenvalue weighted by molar-refractivity contribution is 6.30. The summed E-state index contributed by atoms with van der Waals surface area (Å²) in [4.78, 5) is 0. The molecule has 1 aromatic rings. The number of halogens is 2. The summed E-state index contributed by atoms with van der Waals surface area (Å²) >= 11 is 5.65. The Bertz CT molecular complexity index is 368. The van der Waals surface area contributed by atoms with Gasteiger partial charge >= 0.3 is 0 Å². The zero-order chi connectivity index (χ0) is 14.1. The molecule has 1 rings (SSSR count). The molecule has 19 heavy (non-hydrogen) atoms. The highest BCUT2D eigenvalue weighted by atomic mass is 35.5. The van der Waals surface area contributed by atoms with Crippen molar-refractivity contribution in [2.45, 2.75) is 64.3 Å². The Labute approximate surface area is 121 Å². The molecule has 0 amide bonds. The van der Waals surface area contributed by atoms with Crippen molar-refractivity contribution < 1.29 is 4.39 Å². The van der Waals surface area contributed by atoms with Crippen LogP contribution in [0.15, 0.2) is 18.2 Å². The molecule has 0 aliphatic carbocycles. The third-order valence-electron chi connectivity index (χ3n) is 3.41. The van der Waals surface area contributed by atoms with Gasteiger partial charge in [-0.05, 0) is 30.5 Å². The fraction of sp³-hybridized carbons (Fsp3) is 0.625. The molecule has 108 valence electrons. The van der Waals surface area contributed by atoms with Gasteiger partial charge in [0.05, 0.1) is 5.02 Å². The molecule has 0 aliphatic rings. The summed E-state index contributed by atoms with van der Waals surface area (Å²) in [6.45, 7) is 2.22. The average molecular weight is 286 g/mol. The molecule has 0 aliphatic heterocycles. The van der Waals surface area contributed by atoms with Crippen molar-refractivity contribution in [1.82, 2.24) is 0 Å². The van der Waals surface area contributed by atoms with Gasteiger partial charge in [-0.15, -0.1) is 0 Å². The molecule has 2 N–H and O–H groups in total. The van der Waals surface area contributed by atoms with Gasteiger partial charge in [-0.25, -0.2) is 4.39 Å². The molecule has 0 radical (unpaired) electrons. The van der Waals surface area contributed by atoms with Gasteiger partial charge in [0.1, 0.15) is 5.82 Å². The largest absolute Gasteiger partial charge is 0.327 e. The normalized spacial score (nSPS) is 12.6. The topological polar surface area (TPSA) is 26.0 Å². The molecule has 1 aromatic carbocycles. The van der Waals surface area contributed by atoms with E-state index >= 15 is 0 Å². The minimum Gasteiger partial charge on any atom is -0.327 e. The first-order valence-electron chi connectivity index (χ1n) is 7.33. The molecule has 0 bridgehead atoms. The van der Waals surface area contributed by atoms with E-state index in [0.29, 0.717) is 0 Å².